The van der Waals surface area contributed by atoms with Gasteiger partial charge < -0.3 is 34.2 Å². The lowest BCUT2D eigenvalue weighted by atomic mass is 9.77. The molecule has 2 N–H and O–H groups in total. The summed E-state index contributed by atoms with van der Waals surface area (Å²) in [6.07, 6.45) is 14.3. The van der Waals surface area contributed by atoms with Gasteiger partial charge in [0.1, 0.15) is 6.29 Å². The second-order valence-electron chi connectivity index (χ2n) is 19.6. The second kappa shape index (κ2) is 21.9. The molecule has 0 spiro atoms. The third-order valence-electron chi connectivity index (χ3n) is 12.2. The van der Waals surface area contributed by atoms with Gasteiger partial charge in [0, 0.05) is 40.4 Å². The highest BCUT2D eigenvalue weighted by atomic mass is 16.6. The van der Waals surface area contributed by atoms with E-state index in [0.717, 1.165) is 57.7 Å². The fourth-order valence-electron chi connectivity index (χ4n) is 9.04. The van der Waals surface area contributed by atoms with Crippen molar-refractivity contribution in [2.75, 3.05) is 26.4 Å². The largest absolute Gasteiger partial charge is 0.465 e. The summed E-state index contributed by atoms with van der Waals surface area (Å²) in [5.74, 6) is -1.04. The van der Waals surface area contributed by atoms with E-state index in [1.165, 1.54) is 10.1 Å². The van der Waals surface area contributed by atoms with Crippen molar-refractivity contribution < 1.29 is 43.7 Å². The van der Waals surface area contributed by atoms with Crippen molar-refractivity contribution in [3.63, 3.8) is 0 Å². The maximum Gasteiger partial charge on any atom is 0.323 e. The molecule has 1 unspecified atom stereocenters. The van der Waals surface area contributed by atoms with Crippen molar-refractivity contribution in [2.45, 2.75) is 226 Å². The Morgan fingerprint density at radius 3 is 1.31 bits per heavy atom. The zero-order valence-electron chi connectivity index (χ0n) is 36.9. The zero-order valence-corrected chi connectivity index (χ0v) is 36.9. The third-order valence-corrected chi connectivity index (χ3v) is 12.2. The van der Waals surface area contributed by atoms with E-state index in [2.05, 4.69) is 6.92 Å². The molecule has 2 saturated heterocycles. The minimum absolute atomic E-state index is 0.0248. The molecule has 2 heterocycles. The molecule has 2 aliphatic rings. The number of piperidine rings is 2. The topological polar surface area (TPSA) is 135 Å². The van der Waals surface area contributed by atoms with E-state index in [1.54, 1.807) is 0 Å². The molecule has 1 atom stereocenters. The zero-order chi connectivity index (χ0) is 41.6. The van der Waals surface area contributed by atoms with E-state index in [9.17, 15) is 24.8 Å². The number of unbranched alkanes of at least 4 members (excludes halogenated alkanes) is 5. The number of hydrogen-bond acceptors (Lipinski definition) is 11. The van der Waals surface area contributed by atoms with Crippen LogP contribution in [0.3, 0.4) is 0 Å². The van der Waals surface area contributed by atoms with Gasteiger partial charge in [-0.15, -0.1) is 0 Å². The Kier molecular flexibility index (Phi) is 19.8. The molecule has 55 heavy (non-hydrogen) atoms. The van der Waals surface area contributed by atoms with Crippen molar-refractivity contribution in [1.29, 1.82) is 0 Å². The average molecular weight is 783 g/mol. The summed E-state index contributed by atoms with van der Waals surface area (Å²) in [6, 6.07) is 0. The SMILES string of the molecule is CCCCC(C)(C=O)CCCCCCC(CCCC)(C(=O)OCCCOC1CC(C)(C)N(O)C(C)(C)C1)C(=O)OCCCOC1CC(C)(C)N(O)C(C)(C)C1. The van der Waals surface area contributed by atoms with Gasteiger partial charge in [-0.3, -0.25) is 9.59 Å². The van der Waals surface area contributed by atoms with Crippen LogP contribution >= 0.6 is 0 Å². The molecule has 11 nitrogen and oxygen atoms in total. The highest BCUT2D eigenvalue weighted by Gasteiger charge is 2.49. The van der Waals surface area contributed by atoms with E-state index in [0.29, 0.717) is 77.4 Å². The number of ether oxygens (including phenoxy) is 4. The molecule has 0 aromatic rings. The minimum atomic E-state index is -1.39. The van der Waals surface area contributed by atoms with Gasteiger partial charge in [-0.05, 0) is 107 Å². The monoisotopic (exact) mass is 783 g/mol. The van der Waals surface area contributed by atoms with Gasteiger partial charge in [-0.1, -0.05) is 72.1 Å². The average Bonchev–Trinajstić information content (AvgIpc) is 3.10. The van der Waals surface area contributed by atoms with Crippen LogP contribution in [-0.2, 0) is 33.3 Å². The van der Waals surface area contributed by atoms with E-state index >= 15 is 0 Å². The standard InChI is InChI=1S/C44H82N2O9/c1-12-14-22-43(11,34-47)23-18-16-17-19-25-44(24-15-13-2,37(48)54-28-20-26-52-35-30-39(3,4)45(50)40(5,6)31-35)38(49)55-29-21-27-53-36-32-41(7,8)46(51)42(9,10)33-36/h34-36,50-51H,12-33H2,1-11H3. The summed E-state index contributed by atoms with van der Waals surface area (Å²) in [5, 5.41) is 24.1. The summed E-state index contributed by atoms with van der Waals surface area (Å²) in [7, 11) is 0. The van der Waals surface area contributed by atoms with Crippen molar-refractivity contribution in [2.24, 2.45) is 10.8 Å². The predicted molar refractivity (Wildman–Crippen MR) is 216 cm³/mol. The van der Waals surface area contributed by atoms with Gasteiger partial charge in [-0.25, -0.2) is 0 Å². The maximum atomic E-state index is 14.0. The highest BCUT2D eigenvalue weighted by molar-refractivity contribution is 6.00. The summed E-state index contributed by atoms with van der Waals surface area (Å²) in [4.78, 5) is 39.9. The number of hydrogen-bond donors (Lipinski definition) is 2. The fourth-order valence-corrected chi connectivity index (χ4v) is 9.04. The predicted octanol–water partition coefficient (Wildman–Crippen LogP) is 9.62. The molecule has 0 amide bonds. The van der Waals surface area contributed by atoms with Gasteiger partial charge in [0.25, 0.3) is 0 Å². The molecule has 0 aromatic carbocycles. The van der Waals surface area contributed by atoms with Crippen molar-refractivity contribution in [1.82, 2.24) is 10.1 Å². The number of nitrogens with zero attached hydrogens (tertiary/aromatic N) is 2. The fraction of sp³-hybridized carbons (Fsp3) is 0.932. The van der Waals surface area contributed by atoms with Crippen LogP contribution in [0, 0.1) is 10.8 Å². The number of aldehydes is 1. The van der Waals surface area contributed by atoms with E-state index in [4.69, 9.17) is 18.9 Å². The van der Waals surface area contributed by atoms with E-state index in [-0.39, 0.29) is 30.8 Å². The van der Waals surface area contributed by atoms with Crippen LogP contribution in [0.1, 0.15) is 192 Å². The quantitative estimate of drug-likeness (QED) is 0.0376. The first-order chi connectivity index (χ1) is 25.6. The van der Waals surface area contributed by atoms with Gasteiger partial charge >= 0.3 is 11.9 Å². The lowest BCUT2D eigenvalue weighted by Crippen LogP contribution is -2.60. The molecule has 322 valence electrons. The maximum absolute atomic E-state index is 14.0. The molecule has 0 aliphatic carbocycles. The van der Waals surface area contributed by atoms with E-state index in [1.807, 2.05) is 69.2 Å². The number of carbonyl (C=O) groups excluding carboxylic acids is 3. The Morgan fingerprint density at radius 1 is 0.582 bits per heavy atom. The Balaban J connectivity index is 2.03. The normalized spacial score (nSPS) is 21.5. The lowest BCUT2D eigenvalue weighted by molar-refractivity contribution is -0.261. The van der Waals surface area contributed by atoms with Crippen molar-refractivity contribution in [3.05, 3.63) is 0 Å². The molecule has 2 rings (SSSR count). The van der Waals surface area contributed by atoms with Crippen LogP contribution in [0.5, 0.6) is 0 Å². The lowest BCUT2D eigenvalue weighted by Gasteiger charge is -2.51. The Bertz CT molecular complexity index is 1070. The summed E-state index contributed by atoms with van der Waals surface area (Å²) in [6.45, 7) is 23.4. The molecule has 0 saturated carbocycles. The van der Waals surface area contributed by atoms with Gasteiger partial charge in [0.05, 0.1) is 38.6 Å². The van der Waals surface area contributed by atoms with Crippen molar-refractivity contribution in [3.8, 4) is 0 Å². The molecule has 2 fully saturated rings. The van der Waals surface area contributed by atoms with Gasteiger partial charge in [0.15, 0.2) is 5.41 Å². The van der Waals surface area contributed by atoms with Gasteiger partial charge in [-0.2, -0.15) is 10.1 Å². The highest BCUT2D eigenvalue weighted by Crippen LogP contribution is 2.40. The van der Waals surface area contributed by atoms with Gasteiger partial charge in [0.2, 0.25) is 0 Å². The molecular formula is C44H82N2O9. The van der Waals surface area contributed by atoms with Crippen LogP contribution in [0.4, 0.5) is 0 Å². The molecular weight excluding hydrogens is 700 g/mol. The van der Waals surface area contributed by atoms with E-state index < -0.39 is 39.5 Å². The van der Waals surface area contributed by atoms with Crippen LogP contribution in [0.25, 0.3) is 0 Å². The molecule has 0 bridgehead atoms. The van der Waals surface area contributed by atoms with Crippen LogP contribution in [0.2, 0.25) is 0 Å². The minimum Gasteiger partial charge on any atom is -0.465 e. The molecule has 11 heteroatoms. The number of hydroxylamine groups is 4. The van der Waals surface area contributed by atoms with Crippen molar-refractivity contribution >= 4 is 18.2 Å². The Hall–Kier alpha value is -1.63. The second-order valence-corrected chi connectivity index (χ2v) is 19.6. The smallest absolute Gasteiger partial charge is 0.323 e. The first-order valence-electron chi connectivity index (χ1n) is 21.6. The number of rotatable bonds is 26. The molecule has 0 radical (unpaired) electrons. The summed E-state index contributed by atoms with van der Waals surface area (Å²) < 4.78 is 24.2. The number of carbonyl (C=O) groups is 3. The first-order valence-corrected chi connectivity index (χ1v) is 21.6. The summed E-state index contributed by atoms with van der Waals surface area (Å²) in [5.41, 5.74) is -3.36. The molecule has 2 aliphatic heterocycles. The Morgan fingerprint density at radius 2 is 0.927 bits per heavy atom. The number of esters is 2. The molecule has 0 aromatic heterocycles. The van der Waals surface area contributed by atoms with Crippen LogP contribution in [0.15, 0.2) is 0 Å². The summed E-state index contributed by atoms with van der Waals surface area (Å²) >= 11 is 0. The third kappa shape index (κ3) is 14.9. The Labute approximate surface area is 334 Å². The first kappa shape index (κ1) is 49.5. The van der Waals surface area contributed by atoms with Crippen LogP contribution in [-0.4, -0.2) is 99.6 Å². The van der Waals surface area contributed by atoms with Crippen LogP contribution < -0.4 is 0 Å².